The molecular weight excluding hydrogens is 791 g/mol. The second-order valence-corrected chi connectivity index (χ2v) is 17.1. The van der Waals surface area contributed by atoms with Crippen molar-refractivity contribution < 1.29 is 24.5 Å². The number of amides is 1. The number of rotatable bonds is 44. The highest BCUT2D eigenvalue weighted by Gasteiger charge is 2.24. The Kier molecular flexibility index (Phi) is 47.3. The topological polar surface area (TPSA) is 95.9 Å². The van der Waals surface area contributed by atoms with E-state index in [0.29, 0.717) is 19.3 Å². The number of hydrogen-bond donors (Lipinski definition) is 3. The largest absolute Gasteiger partial charge is 0.462 e. The third-order valence-corrected chi connectivity index (χ3v) is 11.0. The molecule has 0 aromatic rings. The molecular formula is C58H95NO5. The number of ether oxygens (including phenoxy) is 1. The average Bonchev–Trinajstić information content (AvgIpc) is 3.29. The van der Waals surface area contributed by atoms with Crippen molar-refractivity contribution in [3.8, 4) is 0 Å². The van der Waals surface area contributed by atoms with Gasteiger partial charge in [0, 0.05) is 6.42 Å². The predicted octanol–water partition coefficient (Wildman–Crippen LogP) is 15.7. The Labute approximate surface area is 393 Å². The summed E-state index contributed by atoms with van der Waals surface area (Å²) in [5.41, 5.74) is 0. The highest BCUT2D eigenvalue weighted by Crippen LogP contribution is 2.17. The molecule has 0 saturated heterocycles. The maximum absolute atomic E-state index is 13.2. The fraction of sp³-hybridized carbons (Fsp3) is 0.621. The maximum Gasteiger partial charge on any atom is 0.306 e. The van der Waals surface area contributed by atoms with Crippen LogP contribution >= 0.6 is 0 Å². The van der Waals surface area contributed by atoms with Crippen molar-refractivity contribution in [1.29, 1.82) is 0 Å². The summed E-state index contributed by atoms with van der Waals surface area (Å²) < 4.78 is 5.90. The molecule has 0 aromatic carbocycles. The van der Waals surface area contributed by atoms with Gasteiger partial charge in [-0.15, -0.1) is 0 Å². The van der Waals surface area contributed by atoms with E-state index in [1.54, 1.807) is 0 Å². The number of carbonyl (C=O) groups is 2. The lowest BCUT2D eigenvalue weighted by atomic mass is 10.0. The van der Waals surface area contributed by atoms with Crippen molar-refractivity contribution in [2.45, 2.75) is 225 Å². The number of unbranched alkanes of at least 4 members (excludes halogenated alkanes) is 20. The Morgan fingerprint density at radius 2 is 0.875 bits per heavy atom. The highest BCUT2D eigenvalue weighted by molar-refractivity contribution is 5.77. The van der Waals surface area contributed by atoms with Gasteiger partial charge in [-0.25, -0.2) is 0 Å². The van der Waals surface area contributed by atoms with Gasteiger partial charge >= 0.3 is 5.97 Å². The van der Waals surface area contributed by atoms with E-state index in [1.165, 1.54) is 70.6 Å². The van der Waals surface area contributed by atoms with Crippen molar-refractivity contribution in [1.82, 2.24) is 5.32 Å². The summed E-state index contributed by atoms with van der Waals surface area (Å²) in [4.78, 5) is 26.2. The molecule has 1 amide bonds. The molecule has 6 heteroatoms. The van der Waals surface area contributed by atoms with Crippen LogP contribution in [0.1, 0.15) is 207 Å². The van der Waals surface area contributed by atoms with E-state index in [4.69, 9.17) is 4.74 Å². The van der Waals surface area contributed by atoms with Crippen LogP contribution in [0, 0.1) is 0 Å². The second kappa shape index (κ2) is 50.3. The zero-order valence-electron chi connectivity index (χ0n) is 41.1. The molecule has 0 bridgehead atoms. The van der Waals surface area contributed by atoms with Gasteiger partial charge in [-0.1, -0.05) is 251 Å². The van der Waals surface area contributed by atoms with Crippen LogP contribution in [0.2, 0.25) is 0 Å². The second-order valence-electron chi connectivity index (χ2n) is 17.1. The molecule has 0 aromatic heterocycles. The molecule has 3 N–H and O–H groups in total. The van der Waals surface area contributed by atoms with Crippen molar-refractivity contribution in [2.75, 3.05) is 6.61 Å². The van der Waals surface area contributed by atoms with E-state index in [9.17, 15) is 19.8 Å². The number of aliphatic hydroxyl groups is 2. The van der Waals surface area contributed by atoms with Gasteiger partial charge in [0.25, 0.3) is 0 Å². The zero-order valence-corrected chi connectivity index (χ0v) is 41.1. The number of esters is 1. The molecule has 0 heterocycles. The Balaban J connectivity index is 4.79. The first kappa shape index (κ1) is 60.3. The molecule has 0 aliphatic carbocycles. The van der Waals surface area contributed by atoms with Gasteiger partial charge in [0.15, 0.2) is 0 Å². The van der Waals surface area contributed by atoms with Gasteiger partial charge in [-0.2, -0.15) is 0 Å². The molecule has 0 aliphatic rings. The van der Waals surface area contributed by atoms with Crippen LogP contribution in [0.3, 0.4) is 0 Å². The first-order valence-corrected chi connectivity index (χ1v) is 25.9. The number of nitrogens with one attached hydrogen (secondary N) is 1. The van der Waals surface area contributed by atoms with Gasteiger partial charge in [0.1, 0.15) is 6.10 Å². The first-order valence-electron chi connectivity index (χ1n) is 25.9. The fourth-order valence-electron chi connectivity index (χ4n) is 7.13. The third kappa shape index (κ3) is 44.9. The zero-order chi connectivity index (χ0) is 46.7. The average molecular weight is 886 g/mol. The van der Waals surface area contributed by atoms with Crippen LogP contribution in [0.5, 0.6) is 0 Å². The van der Waals surface area contributed by atoms with Gasteiger partial charge in [0.05, 0.1) is 25.2 Å². The van der Waals surface area contributed by atoms with Crippen LogP contribution in [0.4, 0.5) is 0 Å². The molecule has 3 atom stereocenters. The molecule has 0 aliphatic heterocycles. The van der Waals surface area contributed by atoms with Gasteiger partial charge < -0.3 is 20.3 Å². The predicted molar refractivity (Wildman–Crippen MR) is 277 cm³/mol. The number of allylic oxidation sites excluding steroid dienone is 20. The SMILES string of the molecule is CC/C=C/C=C/C=C\C=C/C=C/CCCCCC(=O)OC(CCCCC/C=C/C=C/C=C/C=C/C=C/CCC)CC(=O)NC(CO)C(O)CCCCCCCCCCCCCCCC. The molecule has 0 fully saturated rings. The Morgan fingerprint density at radius 3 is 1.34 bits per heavy atom. The first-order chi connectivity index (χ1) is 31.5. The third-order valence-electron chi connectivity index (χ3n) is 11.0. The molecule has 6 nitrogen and oxygen atoms in total. The van der Waals surface area contributed by atoms with Gasteiger partial charge in [-0.3, -0.25) is 9.59 Å². The minimum absolute atomic E-state index is 0.0238. The lowest BCUT2D eigenvalue weighted by Gasteiger charge is -2.24. The van der Waals surface area contributed by atoms with Crippen molar-refractivity contribution >= 4 is 11.9 Å². The summed E-state index contributed by atoms with van der Waals surface area (Å²) in [5.74, 6) is -0.577. The van der Waals surface area contributed by atoms with Gasteiger partial charge in [-0.05, 0) is 64.2 Å². The van der Waals surface area contributed by atoms with Crippen molar-refractivity contribution in [2.24, 2.45) is 0 Å². The minimum atomic E-state index is -0.816. The van der Waals surface area contributed by atoms with E-state index in [2.05, 4.69) is 68.6 Å². The van der Waals surface area contributed by atoms with Crippen LogP contribution < -0.4 is 5.32 Å². The van der Waals surface area contributed by atoms with E-state index in [0.717, 1.165) is 89.9 Å². The number of hydrogen-bond acceptors (Lipinski definition) is 5. The summed E-state index contributed by atoms with van der Waals surface area (Å²) in [7, 11) is 0. The van der Waals surface area contributed by atoms with E-state index >= 15 is 0 Å². The van der Waals surface area contributed by atoms with Crippen LogP contribution in [0.15, 0.2) is 122 Å². The smallest absolute Gasteiger partial charge is 0.306 e. The molecule has 0 radical (unpaired) electrons. The maximum atomic E-state index is 13.2. The Hall–Kier alpha value is -3.74. The quantitative estimate of drug-likeness (QED) is 0.0322. The van der Waals surface area contributed by atoms with Crippen LogP contribution in [0.25, 0.3) is 0 Å². The van der Waals surface area contributed by atoms with Crippen LogP contribution in [-0.4, -0.2) is 46.9 Å². The van der Waals surface area contributed by atoms with E-state index < -0.39 is 18.2 Å². The Morgan fingerprint density at radius 1 is 0.469 bits per heavy atom. The van der Waals surface area contributed by atoms with Crippen molar-refractivity contribution in [3.05, 3.63) is 122 Å². The fourth-order valence-corrected chi connectivity index (χ4v) is 7.13. The highest BCUT2D eigenvalue weighted by atomic mass is 16.5. The minimum Gasteiger partial charge on any atom is -0.462 e. The summed E-state index contributed by atoms with van der Waals surface area (Å²) in [6.07, 6.45) is 69.6. The molecule has 362 valence electrons. The summed E-state index contributed by atoms with van der Waals surface area (Å²) in [5, 5.41) is 23.8. The molecule has 3 unspecified atom stereocenters. The summed E-state index contributed by atoms with van der Waals surface area (Å²) >= 11 is 0. The summed E-state index contributed by atoms with van der Waals surface area (Å²) in [6.45, 7) is 6.22. The molecule has 64 heavy (non-hydrogen) atoms. The Bertz CT molecular complexity index is 1360. The molecule has 0 spiro atoms. The lowest BCUT2D eigenvalue weighted by Crippen LogP contribution is -2.46. The number of aliphatic hydroxyl groups excluding tert-OH is 2. The standard InChI is InChI=1S/C58H95NO5/c1-4-7-10-13-16-19-22-25-28-30-31-34-37-40-43-46-49-54(64-58(63)51-48-45-42-39-36-33-29-26-23-20-17-14-11-8-5-2)52-57(62)59-55(53-60)56(61)50-47-44-41-38-35-32-27-24-21-18-15-12-9-6-3/h8,10-11,13-14,16-17,19-20,22-23,25-26,28-31,33-34,36,54-56,60-61H,4-7,9,12,15,18,21,24,27,32,35,37-53H2,1-3H3,(H,59,62)/b11-8+,13-10+,17-14+,19-16+,23-20-,25-22+,29-26-,30-28+,34-31+,36-33+. The van der Waals surface area contributed by atoms with Crippen molar-refractivity contribution in [3.63, 3.8) is 0 Å². The normalized spacial score (nSPS) is 14.3. The monoisotopic (exact) mass is 886 g/mol. The van der Waals surface area contributed by atoms with Gasteiger partial charge in [0.2, 0.25) is 5.91 Å². The lowest BCUT2D eigenvalue weighted by molar-refractivity contribution is -0.151. The molecule has 0 rings (SSSR count). The number of carbonyl (C=O) groups excluding carboxylic acids is 2. The van der Waals surface area contributed by atoms with E-state index in [-0.39, 0.29) is 24.9 Å². The molecule has 0 saturated carbocycles. The summed E-state index contributed by atoms with van der Waals surface area (Å²) in [6, 6.07) is -0.734. The van der Waals surface area contributed by atoms with Crippen LogP contribution in [-0.2, 0) is 14.3 Å². The van der Waals surface area contributed by atoms with E-state index in [1.807, 2.05) is 79.0 Å².